The van der Waals surface area contributed by atoms with Gasteiger partial charge in [-0.25, -0.2) is 4.98 Å². The van der Waals surface area contributed by atoms with Crippen LogP contribution < -0.4 is 0 Å². The summed E-state index contributed by atoms with van der Waals surface area (Å²) in [5.74, 6) is -0.351. The third kappa shape index (κ3) is 4.05. The number of hydrogen-bond acceptors (Lipinski definition) is 8. The molecule has 1 N–H and O–H groups in total. The Bertz CT molecular complexity index is 1380. The highest BCUT2D eigenvalue weighted by atomic mass is 35.5. The number of oxazole rings is 1. The van der Waals surface area contributed by atoms with Crippen LogP contribution in [0.25, 0.3) is 22.6 Å². The third-order valence-corrected chi connectivity index (χ3v) is 4.54. The van der Waals surface area contributed by atoms with Crippen molar-refractivity contribution in [2.75, 3.05) is 0 Å². The number of nitro groups is 2. The van der Waals surface area contributed by atoms with E-state index in [1.54, 1.807) is 42.5 Å². The van der Waals surface area contributed by atoms with Crippen molar-refractivity contribution < 1.29 is 19.4 Å². The van der Waals surface area contributed by atoms with Crippen molar-refractivity contribution in [2.45, 2.75) is 0 Å². The Labute approximate surface area is 178 Å². The molecule has 0 aliphatic rings. The van der Waals surface area contributed by atoms with Gasteiger partial charge in [-0.1, -0.05) is 17.7 Å². The number of phenolic OH excluding ortho intramolecular Hbond substituents is 1. The average molecular weight is 439 g/mol. The van der Waals surface area contributed by atoms with Crippen LogP contribution in [0.4, 0.5) is 17.1 Å². The zero-order valence-corrected chi connectivity index (χ0v) is 16.2. The maximum atomic E-state index is 11.1. The minimum atomic E-state index is -0.904. The van der Waals surface area contributed by atoms with Crippen molar-refractivity contribution in [1.29, 1.82) is 0 Å². The van der Waals surface area contributed by atoms with E-state index in [1.165, 1.54) is 0 Å². The summed E-state index contributed by atoms with van der Waals surface area (Å²) in [6, 6.07) is 13.5. The lowest BCUT2D eigenvalue weighted by Gasteiger charge is -2.01. The van der Waals surface area contributed by atoms with Crippen molar-refractivity contribution in [2.24, 2.45) is 4.99 Å². The molecule has 4 aromatic rings. The van der Waals surface area contributed by atoms with Crippen LogP contribution in [0.15, 0.2) is 64.0 Å². The van der Waals surface area contributed by atoms with Gasteiger partial charge in [-0.15, -0.1) is 0 Å². The second-order valence-electron chi connectivity index (χ2n) is 6.36. The van der Waals surface area contributed by atoms with E-state index in [0.717, 1.165) is 12.3 Å². The Morgan fingerprint density at radius 3 is 2.58 bits per heavy atom. The van der Waals surface area contributed by atoms with Crippen LogP contribution in [0.2, 0.25) is 5.02 Å². The first-order valence-electron chi connectivity index (χ1n) is 8.68. The van der Waals surface area contributed by atoms with Crippen molar-refractivity contribution >= 4 is 46.0 Å². The number of halogens is 1. The van der Waals surface area contributed by atoms with E-state index in [0.29, 0.717) is 39.3 Å². The zero-order chi connectivity index (χ0) is 22.1. The van der Waals surface area contributed by atoms with Crippen LogP contribution in [-0.4, -0.2) is 26.2 Å². The molecule has 1 heterocycles. The van der Waals surface area contributed by atoms with E-state index in [2.05, 4.69) is 9.98 Å². The Kier molecular flexibility index (Phi) is 5.05. The fourth-order valence-corrected chi connectivity index (χ4v) is 3.04. The molecule has 0 amide bonds. The van der Waals surface area contributed by atoms with E-state index < -0.39 is 27.0 Å². The number of rotatable bonds is 5. The molecule has 0 saturated carbocycles. The molecule has 0 unspecified atom stereocenters. The molecule has 0 radical (unpaired) electrons. The lowest BCUT2D eigenvalue weighted by molar-refractivity contribution is -0.394. The summed E-state index contributed by atoms with van der Waals surface area (Å²) in [5, 5.41) is 32.7. The predicted molar refractivity (Wildman–Crippen MR) is 113 cm³/mol. The first-order chi connectivity index (χ1) is 14.8. The minimum Gasteiger partial charge on any atom is -0.502 e. The highest BCUT2D eigenvalue weighted by Crippen LogP contribution is 2.34. The lowest BCUT2D eigenvalue weighted by Crippen LogP contribution is -1.96. The molecular weight excluding hydrogens is 428 g/mol. The summed E-state index contributed by atoms with van der Waals surface area (Å²) in [6.07, 6.45) is 1.11. The van der Waals surface area contributed by atoms with Gasteiger partial charge in [0.2, 0.25) is 11.6 Å². The maximum Gasteiger partial charge on any atom is 0.318 e. The second kappa shape index (κ2) is 7.84. The van der Waals surface area contributed by atoms with Gasteiger partial charge >= 0.3 is 5.69 Å². The van der Waals surface area contributed by atoms with Crippen molar-refractivity contribution in [3.63, 3.8) is 0 Å². The molecule has 0 atom stereocenters. The summed E-state index contributed by atoms with van der Waals surface area (Å²) >= 11 is 6.00. The zero-order valence-electron chi connectivity index (χ0n) is 15.4. The summed E-state index contributed by atoms with van der Waals surface area (Å²) in [4.78, 5) is 29.0. The summed E-state index contributed by atoms with van der Waals surface area (Å²) in [6.45, 7) is 0. The summed E-state index contributed by atoms with van der Waals surface area (Å²) in [5.41, 5.74) is 0.606. The van der Waals surface area contributed by atoms with Crippen LogP contribution >= 0.6 is 11.6 Å². The van der Waals surface area contributed by atoms with Crippen molar-refractivity contribution in [3.8, 4) is 17.2 Å². The highest BCUT2D eigenvalue weighted by molar-refractivity contribution is 6.30. The van der Waals surface area contributed by atoms with E-state index in [9.17, 15) is 25.3 Å². The Balaban J connectivity index is 1.70. The number of aromatic nitrogens is 1. The fourth-order valence-electron chi connectivity index (χ4n) is 2.85. The molecule has 0 fully saturated rings. The summed E-state index contributed by atoms with van der Waals surface area (Å²) < 4.78 is 5.72. The van der Waals surface area contributed by atoms with Gasteiger partial charge in [-0.05, 0) is 36.4 Å². The number of nitro benzene ring substituents is 2. The molecular formula is C20H11ClN4O6. The van der Waals surface area contributed by atoms with E-state index in [-0.39, 0.29) is 5.56 Å². The molecule has 4 rings (SSSR count). The summed E-state index contributed by atoms with van der Waals surface area (Å²) in [7, 11) is 0. The quantitative estimate of drug-likeness (QED) is 0.248. The molecule has 0 aliphatic heterocycles. The van der Waals surface area contributed by atoms with E-state index >= 15 is 0 Å². The predicted octanol–water partition coefficient (Wildman–Crippen LogP) is 5.42. The van der Waals surface area contributed by atoms with Gasteiger partial charge < -0.3 is 9.52 Å². The number of aliphatic imine (C=N–C) groups is 1. The van der Waals surface area contributed by atoms with Gasteiger partial charge in [-0.3, -0.25) is 25.2 Å². The normalized spacial score (nSPS) is 11.3. The van der Waals surface area contributed by atoms with Crippen LogP contribution in [0, 0.1) is 20.2 Å². The first kappa shape index (κ1) is 20.0. The third-order valence-electron chi connectivity index (χ3n) is 4.31. The number of benzene rings is 3. The lowest BCUT2D eigenvalue weighted by atomic mass is 10.1. The molecule has 0 saturated heterocycles. The topological polar surface area (TPSA) is 145 Å². The highest BCUT2D eigenvalue weighted by Gasteiger charge is 2.23. The van der Waals surface area contributed by atoms with Crippen LogP contribution in [-0.2, 0) is 0 Å². The fraction of sp³-hybridized carbons (Fsp3) is 0. The molecule has 1 aromatic heterocycles. The first-order valence-corrected chi connectivity index (χ1v) is 9.06. The van der Waals surface area contributed by atoms with Gasteiger partial charge in [0, 0.05) is 28.4 Å². The minimum absolute atomic E-state index is 0.166. The molecule has 154 valence electrons. The van der Waals surface area contributed by atoms with E-state index in [1.807, 2.05) is 0 Å². The SMILES string of the molecule is O=[N+]([O-])c1cc(C=Nc2ccc3oc(-c4cccc(Cl)c4)nc3c2)c(O)c([N+](=O)[O-])c1. The van der Waals surface area contributed by atoms with Crippen LogP contribution in [0.5, 0.6) is 5.75 Å². The van der Waals surface area contributed by atoms with Crippen molar-refractivity contribution in [1.82, 2.24) is 4.98 Å². The molecule has 31 heavy (non-hydrogen) atoms. The second-order valence-corrected chi connectivity index (χ2v) is 6.79. The van der Waals surface area contributed by atoms with Gasteiger partial charge in [-0.2, -0.15) is 0 Å². The Morgan fingerprint density at radius 2 is 1.87 bits per heavy atom. The molecule has 0 spiro atoms. The molecule has 11 heteroatoms. The smallest absolute Gasteiger partial charge is 0.318 e. The van der Waals surface area contributed by atoms with Crippen LogP contribution in [0.1, 0.15) is 5.56 Å². The largest absolute Gasteiger partial charge is 0.502 e. The maximum absolute atomic E-state index is 11.1. The molecule has 0 aliphatic carbocycles. The standard InChI is InChI=1S/C20H11ClN4O6/c21-13-3-1-2-11(6-13)20-23-16-8-14(4-5-18(16)31-20)22-10-12-7-15(24(27)28)9-17(19(12)26)25(29)30/h1-10,26H. The van der Waals surface area contributed by atoms with Crippen molar-refractivity contribution in [3.05, 3.63) is 85.4 Å². The van der Waals surface area contributed by atoms with Gasteiger partial charge in [0.25, 0.3) is 5.69 Å². The number of aromatic hydroxyl groups is 1. The molecule has 0 bridgehead atoms. The Hall–Kier alpha value is -4.31. The monoisotopic (exact) mass is 438 g/mol. The number of phenols is 1. The van der Waals surface area contributed by atoms with E-state index in [4.69, 9.17) is 16.0 Å². The molecule has 10 nitrogen and oxygen atoms in total. The van der Waals surface area contributed by atoms with Crippen LogP contribution in [0.3, 0.4) is 0 Å². The molecule has 3 aromatic carbocycles. The Morgan fingerprint density at radius 1 is 1.06 bits per heavy atom. The number of non-ortho nitro benzene ring substituents is 1. The average Bonchev–Trinajstić information content (AvgIpc) is 3.16. The van der Waals surface area contributed by atoms with Gasteiger partial charge in [0.1, 0.15) is 5.52 Å². The van der Waals surface area contributed by atoms with Gasteiger partial charge in [0.05, 0.1) is 21.6 Å². The number of nitrogens with zero attached hydrogens (tertiary/aromatic N) is 4. The number of fused-ring (bicyclic) bond motifs is 1. The van der Waals surface area contributed by atoms with Gasteiger partial charge in [0.15, 0.2) is 5.58 Å². The number of hydrogen-bond donors (Lipinski definition) is 1.